The molecule has 94 valence electrons. The van der Waals surface area contributed by atoms with Gasteiger partial charge in [0, 0.05) is 35.3 Å². The number of anilines is 2. The van der Waals surface area contributed by atoms with E-state index in [9.17, 15) is 0 Å². The zero-order chi connectivity index (χ0) is 12.8. The molecule has 0 radical (unpaired) electrons. The van der Waals surface area contributed by atoms with E-state index in [1.165, 1.54) is 9.79 Å². The van der Waals surface area contributed by atoms with Crippen LogP contribution in [0.3, 0.4) is 0 Å². The first kappa shape index (κ1) is 13.2. The third-order valence-electron chi connectivity index (χ3n) is 2.52. The molecule has 2 N–H and O–H groups in total. The van der Waals surface area contributed by atoms with Crippen LogP contribution in [0.25, 0.3) is 0 Å². The third kappa shape index (κ3) is 3.62. The molecule has 0 amide bonds. The number of benzene rings is 2. The summed E-state index contributed by atoms with van der Waals surface area (Å²) in [6, 6.07) is 16.9. The molecule has 2 aromatic carbocycles. The predicted molar refractivity (Wildman–Crippen MR) is 83.7 cm³/mol. The SMILES string of the molecule is CNc1ccc(SSc2ccc(NC)cc2)cc1. The van der Waals surface area contributed by atoms with Crippen LogP contribution in [0.15, 0.2) is 58.3 Å². The Hall–Kier alpha value is -1.26. The quantitative estimate of drug-likeness (QED) is 0.781. The summed E-state index contributed by atoms with van der Waals surface area (Å²) in [4.78, 5) is 2.52. The maximum atomic E-state index is 3.12. The van der Waals surface area contributed by atoms with Crippen LogP contribution < -0.4 is 10.6 Å². The van der Waals surface area contributed by atoms with Gasteiger partial charge in [0.25, 0.3) is 0 Å². The topological polar surface area (TPSA) is 24.1 Å². The highest BCUT2D eigenvalue weighted by atomic mass is 33.1. The first-order valence-corrected chi connectivity index (χ1v) is 7.87. The highest BCUT2D eigenvalue weighted by Gasteiger charge is 1.98. The summed E-state index contributed by atoms with van der Waals surface area (Å²) < 4.78 is 0. The van der Waals surface area contributed by atoms with Crippen molar-refractivity contribution in [3.63, 3.8) is 0 Å². The van der Waals surface area contributed by atoms with E-state index in [2.05, 4.69) is 59.2 Å². The fourth-order valence-electron chi connectivity index (χ4n) is 1.45. The minimum Gasteiger partial charge on any atom is -0.388 e. The Balaban J connectivity index is 1.93. The van der Waals surface area contributed by atoms with Gasteiger partial charge in [-0.1, -0.05) is 21.6 Å². The lowest BCUT2D eigenvalue weighted by atomic mass is 10.3. The molecule has 0 aliphatic rings. The molecule has 2 nitrogen and oxygen atoms in total. The number of nitrogens with one attached hydrogen (secondary N) is 2. The van der Waals surface area contributed by atoms with E-state index < -0.39 is 0 Å². The monoisotopic (exact) mass is 276 g/mol. The lowest BCUT2D eigenvalue weighted by Crippen LogP contribution is -1.86. The summed E-state index contributed by atoms with van der Waals surface area (Å²) in [7, 11) is 7.41. The first-order valence-electron chi connectivity index (χ1n) is 5.72. The molecule has 4 heteroatoms. The Morgan fingerprint density at radius 2 is 0.944 bits per heavy atom. The van der Waals surface area contributed by atoms with E-state index in [1.54, 1.807) is 21.6 Å². The van der Waals surface area contributed by atoms with Crippen LogP contribution in [0.4, 0.5) is 11.4 Å². The molecule has 18 heavy (non-hydrogen) atoms. The van der Waals surface area contributed by atoms with Gasteiger partial charge in [-0.15, -0.1) is 0 Å². The minimum absolute atomic E-state index is 1.14. The molecule has 2 aromatic rings. The largest absolute Gasteiger partial charge is 0.388 e. The minimum atomic E-state index is 1.14. The number of hydrogen-bond donors (Lipinski definition) is 2. The predicted octanol–water partition coefficient (Wildman–Crippen LogP) is 4.57. The van der Waals surface area contributed by atoms with Crippen molar-refractivity contribution in [2.24, 2.45) is 0 Å². The average Bonchev–Trinajstić information content (AvgIpc) is 2.46. The second-order valence-electron chi connectivity index (χ2n) is 3.72. The Bertz CT molecular complexity index is 433. The fraction of sp³-hybridized carbons (Fsp3) is 0.143. The molecule has 0 spiro atoms. The molecule has 0 heterocycles. The van der Waals surface area contributed by atoms with Gasteiger partial charge in [-0.05, 0) is 48.5 Å². The number of hydrogen-bond acceptors (Lipinski definition) is 4. The van der Waals surface area contributed by atoms with Crippen molar-refractivity contribution in [1.29, 1.82) is 0 Å². The van der Waals surface area contributed by atoms with E-state index in [-0.39, 0.29) is 0 Å². The molecule has 0 atom stereocenters. The Morgan fingerprint density at radius 1 is 0.611 bits per heavy atom. The van der Waals surface area contributed by atoms with E-state index in [0.717, 1.165) is 11.4 Å². The molecular formula is C14H16N2S2. The maximum Gasteiger partial charge on any atom is 0.0338 e. The fourth-order valence-corrected chi connectivity index (χ4v) is 3.38. The second-order valence-corrected chi connectivity index (χ2v) is 5.99. The summed E-state index contributed by atoms with van der Waals surface area (Å²) in [5.74, 6) is 0. The van der Waals surface area contributed by atoms with Crippen molar-refractivity contribution >= 4 is 33.0 Å². The van der Waals surface area contributed by atoms with Gasteiger partial charge in [0.2, 0.25) is 0 Å². The zero-order valence-corrected chi connectivity index (χ0v) is 12.1. The number of rotatable bonds is 5. The molecule has 0 aliphatic heterocycles. The van der Waals surface area contributed by atoms with Crippen LogP contribution in [-0.2, 0) is 0 Å². The smallest absolute Gasteiger partial charge is 0.0338 e. The molecule has 0 saturated heterocycles. The third-order valence-corrected chi connectivity index (χ3v) is 4.94. The van der Waals surface area contributed by atoms with Gasteiger partial charge in [-0.3, -0.25) is 0 Å². The van der Waals surface area contributed by atoms with Crippen LogP contribution in [0.5, 0.6) is 0 Å². The maximum absolute atomic E-state index is 3.12. The van der Waals surface area contributed by atoms with Crippen molar-refractivity contribution in [1.82, 2.24) is 0 Å². The van der Waals surface area contributed by atoms with Gasteiger partial charge in [0.15, 0.2) is 0 Å². The highest BCUT2D eigenvalue weighted by molar-refractivity contribution is 8.76. The van der Waals surface area contributed by atoms with Crippen molar-refractivity contribution in [2.45, 2.75) is 9.79 Å². The zero-order valence-electron chi connectivity index (χ0n) is 10.4. The summed E-state index contributed by atoms with van der Waals surface area (Å²) in [5.41, 5.74) is 2.28. The van der Waals surface area contributed by atoms with E-state index in [4.69, 9.17) is 0 Å². The molecule has 2 rings (SSSR count). The summed E-state index contributed by atoms with van der Waals surface area (Å²) in [6.07, 6.45) is 0. The lowest BCUT2D eigenvalue weighted by Gasteiger charge is -2.04. The highest BCUT2D eigenvalue weighted by Crippen LogP contribution is 2.37. The van der Waals surface area contributed by atoms with Crippen molar-refractivity contribution in [3.8, 4) is 0 Å². The molecule has 0 fully saturated rings. The molecule has 0 aliphatic carbocycles. The Labute approximate surface area is 116 Å². The van der Waals surface area contributed by atoms with Gasteiger partial charge >= 0.3 is 0 Å². The molecule has 0 aromatic heterocycles. The van der Waals surface area contributed by atoms with E-state index in [1.807, 2.05) is 14.1 Å². The van der Waals surface area contributed by atoms with Crippen molar-refractivity contribution < 1.29 is 0 Å². The van der Waals surface area contributed by atoms with E-state index >= 15 is 0 Å². The summed E-state index contributed by atoms with van der Waals surface area (Å²) >= 11 is 0. The van der Waals surface area contributed by atoms with Crippen LogP contribution >= 0.6 is 21.6 Å². The van der Waals surface area contributed by atoms with Crippen LogP contribution in [-0.4, -0.2) is 14.1 Å². The van der Waals surface area contributed by atoms with Gasteiger partial charge in [-0.25, -0.2) is 0 Å². The standard InChI is InChI=1S/C14H16N2S2/c1-15-11-3-7-13(8-4-11)17-18-14-9-5-12(16-2)6-10-14/h3-10,15-16H,1-2H3. The normalized spacial score (nSPS) is 10.1. The molecular weight excluding hydrogens is 260 g/mol. The molecule has 0 unspecified atom stereocenters. The van der Waals surface area contributed by atoms with Gasteiger partial charge in [-0.2, -0.15) is 0 Å². The Morgan fingerprint density at radius 3 is 1.22 bits per heavy atom. The average molecular weight is 276 g/mol. The van der Waals surface area contributed by atoms with Crippen LogP contribution in [0, 0.1) is 0 Å². The summed E-state index contributed by atoms with van der Waals surface area (Å²) in [6.45, 7) is 0. The van der Waals surface area contributed by atoms with Gasteiger partial charge in [0.05, 0.1) is 0 Å². The van der Waals surface area contributed by atoms with Crippen molar-refractivity contribution in [2.75, 3.05) is 24.7 Å². The lowest BCUT2D eigenvalue weighted by molar-refractivity contribution is 1.42. The van der Waals surface area contributed by atoms with Crippen molar-refractivity contribution in [3.05, 3.63) is 48.5 Å². The van der Waals surface area contributed by atoms with Gasteiger partial charge in [0.1, 0.15) is 0 Å². The summed E-state index contributed by atoms with van der Waals surface area (Å²) in [5, 5.41) is 6.24. The first-order chi connectivity index (χ1) is 8.81. The molecule has 0 bridgehead atoms. The van der Waals surface area contributed by atoms with E-state index in [0.29, 0.717) is 0 Å². The van der Waals surface area contributed by atoms with Gasteiger partial charge < -0.3 is 10.6 Å². The molecule has 0 saturated carbocycles. The second kappa shape index (κ2) is 6.61. The van der Waals surface area contributed by atoms with Crippen LogP contribution in [0.1, 0.15) is 0 Å². The van der Waals surface area contributed by atoms with Crippen LogP contribution in [0.2, 0.25) is 0 Å². The Kier molecular flexibility index (Phi) is 4.84.